The van der Waals surface area contributed by atoms with Gasteiger partial charge in [0.25, 0.3) is 5.56 Å². The molecule has 3 aliphatic heterocycles. The van der Waals surface area contributed by atoms with E-state index in [4.69, 9.17) is 18.9 Å². The molecule has 15 atom stereocenters. The molecule has 20 nitrogen and oxygen atoms in total. The van der Waals surface area contributed by atoms with E-state index >= 15 is 0 Å². The van der Waals surface area contributed by atoms with Crippen LogP contribution in [0.25, 0.3) is 0 Å². The first-order chi connectivity index (χ1) is 27.2. The number of hydrogen-bond acceptors (Lipinski definition) is 16. The Morgan fingerprint density at radius 2 is 1.40 bits per heavy atom. The normalized spacial score (nSPS) is 35.0. The van der Waals surface area contributed by atoms with E-state index < -0.39 is 128 Å². The standard InChI is InChI=1S/C37H60N4O16/c1-3-4-5-6-7-8-9-10-11-12-13-14-23(45)39-26-30(50)27(47)21(54-36(26)57-35-25(38-19(2)43)29(49)28(48)22(18-42)55-35)17-20(44)33-31(51)32(52)34(56-33)41-16-15-24(46)40-37(41)53/h13-16,20-22,25-36,42,44,47-52H,3-12,17-18H2,1-2H3,(H,38,43)(H,39,45)(H,40,46,53)/b14-13+/t20-,21-,22+,25+,26-,27+,28+,29+,30-,31+,32-,33-,34-,35+,36+/m1/s1. The van der Waals surface area contributed by atoms with Gasteiger partial charge < -0.3 is 70.4 Å². The zero-order valence-corrected chi connectivity index (χ0v) is 32.2. The highest BCUT2D eigenvalue weighted by molar-refractivity contribution is 5.87. The zero-order valence-electron chi connectivity index (χ0n) is 32.2. The Labute approximate surface area is 329 Å². The van der Waals surface area contributed by atoms with Crippen molar-refractivity contribution in [3.63, 3.8) is 0 Å². The van der Waals surface area contributed by atoms with Gasteiger partial charge in [-0.05, 0) is 18.9 Å². The van der Waals surface area contributed by atoms with E-state index in [2.05, 4.69) is 17.6 Å². The fraction of sp³-hybridized carbons (Fsp3) is 0.784. The average Bonchev–Trinajstić information content (AvgIpc) is 3.46. The summed E-state index contributed by atoms with van der Waals surface area (Å²) in [4.78, 5) is 51.0. The van der Waals surface area contributed by atoms with Gasteiger partial charge in [-0.15, -0.1) is 0 Å². The van der Waals surface area contributed by atoms with Crippen molar-refractivity contribution in [2.75, 3.05) is 6.61 Å². The van der Waals surface area contributed by atoms with Crippen LogP contribution in [-0.4, -0.2) is 155 Å². The second-order valence-electron chi connectivity index (χ2n) is 14.9. The van der Waals surface area contributed by atoms with Crippen LogP contribution >= 0.6 is 0 Å². The molecule has 20 heteroatoms. The van der Waals surface area contributed by atoms with Crippen LogP contribution in [0.15, 0.2) is 34.0 Å². The molecular weight excluding hydrogens is 756 g/mol. The van der Waals surface area contributed by atoms with Crippen LogP contribution < -0.4 is 21.9 Å². The van der Waals surface area contributed by atoms with Gasteiger partial charge in [-0.2, -0.15) is 0 Å². The molecular formula is C37H60N4O16. The molecule has 3 fully saturated rings. The van der Waals surface area contributed by atoms with Crippen LogP contribution in [0.4, 0.5) is 0 Å². The van der Waals surface area contributed by atoms with E-state index in [1.807, 2.05) is 4.98 Å². The number of H-pyrrole nitrogens is 1. The number of hydrogen-bond donors (Lipinski definition) is 11. The second-order valence-corrected chi connectivity index (χ2v) is 14.9. The van der Waals surface area contributed by atoms with Crippen LogP contribution in [0.1, 0.15) is 90.7 Å². The van der Waals surface area contributed by atoms with Crippen molar-refractivity contribution < 1.29 is 69.4 Å². The van der Waals surface area contributed by atoms with E-state index in [0.717, 1.165) is 49.4 Å². The number of amides is 2. The predicted octanol–water partition coefficient (Wildman–Crippen LogP) is -2.72. The molecule has 3 saturated heterocycles. The molecule has 0 radical (unpaired) electrons. The summed E-state index contributed by atoms with van der Waals surface area (Å²) < 4.78 is 24.1. The molecule has 0 saturated carbocycles. The molecule has 0 bridgehead atoms. The summed E-state index contributed by atoms with van der Waals surface area (Å²) in [5, 5.41) is 91.3. The molecule has 1 aromatic rings. The molecule has 0 unspecified atom stereocenters. The van der Waals surface area contributed by atoms with E-state index in [0.29, 0.717) is 6.42 Å². The van der Waals surface area contributed by atoms with Gasteiger partial charge in [-0.3, -0.25) is 23.9 Å². The Kier molecular flexibility index (Phi) is 18.2. The quantitative estimate of drug-likeness (QED) is 0.0470. The van der Waals surface area contributed by atoms with Gasteiger partial charge in [0.05, 0.1) is 18.8 Å². The van der Waals surface area contributed by atoms with Crippen molar-refractivity contribution in [3.05, 3.63) is 45.3 Å². The highest BCUT2D eigenvalue weighted by Gasteiger charge is 2.53. The number of unbranched alkanes of at least 4 members (excludes halogenated alkanes) is 9. The summed E-state index contributed by atoms with van der Waals surface area (Å²) >= 11 is 0. The number of aromatic amines is 1. The molecule has 57 heavy (non-hydrogen) atoms. The number of carbonyl (C=O) groups excluding carboxylic acids is 2. The number of aromatic nitrogens is 2. The maximum absolute atomic E-state index is 13.1. The maximum atomic E-state index is 13.1. The summed E-state index contributed by atoms with van der Waals surface area (Å²) in [6.07, 6.45) is -7.70. The number of aliphatic hydroxyl groups is 8. The molecule has 4 heterocycles. The average molecular weight is 817 g/mol. The van der Waals surface area contributed by atoms with Gasteiger partial charge in [0, 0.05) is 25.6 Å². The third-order valence-electron chi connectivity index (χ3n) is 10.5. The SMILES string of the molecule is CCCCCCCCCCC/C=C/C(=O)N[C@H]1[C@H](O[C@@H]2O[C@@H](CO)[C@H](O)[C@@H](O)[C@@H]2NC(C)=O)O[C@H](C[C@@H](O)[C@H]2O[C@@H](n3ccc(=O)[nH]c3=O)[C@H](O)[C@@H]2O)[C@H](O)[C@@H]1O. The monoisotopic (exact) mass is 816 g/mol. The van der Waals surface area contributed by atoms with E-state index in [1.54, 1.807) is 6.08 Å². The molecule has 1 aromatic heterocycles. The lowest BCUT2D eigenvalue weighted by atomic mass is 9.91. The number of nitrogens with one attached hydrogen (secondary N) is 3. The molecule has 0 aliphatic carbocycles. The lowest BCUT2D eigenvalue weighted by molar-refractivity contribution is -0.346. The summed E-state index contributed by atoms with van der Waals surface area (Å²) in [6.45, 7) is 2.52. The molecule has 4 rings (SSSR count). The smallest absolute Gasteiger partial charge is 0.330 e. The minimum atomic E-state index is -1.85. The predicted molar refractivity (Wildman–Crippen MR) is 198 cm³/mol. The summed E-state index contributed by atoms with van der Waals surface area (Å²) in [6, 6.07) is -2.01. The van der Waals surface area contributed by atoms with E-state index in [-0.39, 0.29) is 0 Å². The number of rotatable bonds is 20. The molecule has 324 valence electrons. The Morgan fingerprint density at radius 3 is 2.00 bits per heavy atom. The van der Waals surface area contributed by atoms with Crippen molar-refractivity contribution in [3.8, 4) is 0 Å². The van der Waals surface area contributed by atoms with Crippen LogP contribution in [-0.2, 0) is 28.5 Å². The third-order valence-corrected chi connectivity index (χ3v) is 10.5. The topological polar surface area (TPSA) is 312 Å². The zero-order chi connectivity index (χ0) is 41.8. The van der Waals surface area contributed by atoms with Crippen molar-refractivity contribution >= 4 is 11.8 Å². The first kappa shape index (κ1) is 46.6. The molecule has 0 spiro atoms. The fourth-order valence-corrected chi connectivity index (χ4v) is 7.32. The van der Waals surface area contributed by atoms with Gasteiger partial charge in [-0.1, -0.05) is 64.4 Å². The molecule has 3 aliphatic rings. The van der Waals surface area contributed by atoms with E-state index in [9.17, 15) is 60.0 Å². The van der Waals surface area contributed by atoms with Crippen molar-refractivity contribution in [1.29, 1.82) is 0 Å². The van der Waals surface area contributed by atoms with Gasteiger partial charge >= 0.3 is 5.69 Å². The lowest BCUT2D eigenvalue weighted by Crippen LogP contribution is -2.68. The summed E-state index contributed by atoms with van der Waals surface area (Å²) in [5.74, 6) is -1.35. The van der Waals surface area contributed by atoms with Crippen LogP contribution in [0.3, 0.4) is 0 Å². The van der Waals surface area contributed by atoms with Gasteiger partial charge in [0.15, 0.2) is 18.8 Å². The minimum absolute atomic E-state index is 0.597. The largest absolute Gasteiger partial charge is 0.394 e. The molecule has 2 amide bonds. The minimum Gasteiger partial charge on any atom is -0.394 e. The van der Waals surface area contributed by atoms with Crippen molar-refractivity contribution in [1.82, 2.24) is 20.2 Å². The van der Waals surface area contributed by atoms with Gasteiger partial charge in [0.1, 0.15) is 60.9 Å². The fourth-order valence-electron chi connectivity index (χ4n) is 7.32. The Bertz CT molecular complexity index is 1560. The van der Waals surface area contributed by atoms with E-state index in [1.165, 1.54) is 38.2 Å². The number of ether oxygens (including phenoxy) is 4. The number of aliphatic hydroxyl groups excluding tert-OH is 8. The Balaban J connectivity index is 1.48. The maximum Gasteiger partial charge on any atom is 0.330 e. The van der Waals surface area contributed by atoms with Crippen molar-refractivity contribution in [2.24, 2.45) is 0 Å². The Hall–Kier alpha value is -3.12. The first-order valence-electron chi connectivity index (χ1n) is 19.7. The second kappa shape index (κ2) is 22.3. The molecule has 11 N–H and O–H groups in total. The highest BCUT2D eigenvalue weighted by Crippen LogP contribution is 2.34. The number of allylic oxidation sites excluding steroid dienone is 1. The van der Waals surface area contributed by atoms with Crippen LogP contribution in [0, 0.1) is 0 Å². The summed E-state index contributed by atoms with van der Waals surface area (Å²) in [7, 11) is 0. The van der Waals surface area contributed by atoms with Gasteiger partial charge in [0.2, 0.25) is 11.8 Å². The van der Waals surface area contributed by atoms with Crippen LogP contribution in [0.5, 0.6) is 0 Å². The number of nitrogens with zero attached hydrogens (tertiary/aromatic N) is 1. The highest BCUT2D eigenvalue weighted by atomic mass is 16.8. The van der Waals surface area contributed by atoms with Crippen molar-refractivity contribution in [2.45, 2.75) is 176 Å². The summed E-state index contributed by atoms with van der Waals surface area (Å²) in [5.41, 5.74) is -1.68. The molecule has 0 aromatic carbocycles. The van der Waals surface area contributed by atoms with Crippen LogP contribution in [0.2, 0.25) is 0 Å². The van der Waals surface area contributed by atoms with Gasteiger partial charge in [-0.25, -0.2) is 4.79 Å². The Morgan fingerprint density at radius 1 is 0.825 bits per heavy atom. The lowest BCUT2D eigenvalue weighted by Gasteiger charge is -2.47. The first-order valence-corrected chi connectivity index (χ1v) is 19.7. The third kappa shape index (κ3) is 12.4. The number of carbonyl (C=O) groups is 2.